The third-order valence-electron chi connectivity index (χ3n) is 1.50. The fraction of sp³-hybridized carbons (Fsp3) is 0.125. The molecule has 0 atom stereocenters. The van der Waals surface area contributed by atoms with Gasteiger partial charge in [-0.25, -0.2) is 0 Å². The van der Waals surface area contributed by atoms with Crippen molar-refractivity contribution in [2.45, 2.75) is 6.92 Å². The van der Waals surface area contributed by atoms with Gasteiger partial charge < -0.3 is 5.11 Å². The van der Waals surface area contributed by atoms with E-state index in [9.17, 15) is 9.90 Å². The molecule has 0 aliphatic carbocycles. The Balaban J connectivity index is 3.53. The van der Waals surface area contributed by atoms with Crippen molar-refractivity contribution in [2.24, 2.45) is 0 Å². The lowest BCUT2D eigenvalue weighted by molar-refractivity contribution is 0.101. The van der Waals surface area contributed by atoms with Gasteiger partial charge in [-0.3, -0.25) is 4.79 Å². The Labute approximate surface area is 117 Å². The van der Waals surface area contributed by atoms with Crippen molar-refractivity contribution in [1.29, 1.82) is 0 Å². The van der Waals surface area contributed by atoms with Gasteiger partial charge in [0, 0.05) is 9.13 Å². The summed E-state index contributed by atoms with van der Waals surface area (Å²) in [6.07, 6.45) is 0. The SMILES string of the molecule is CC(=O)c1c(I)cc(I)c(O)c1I. The Hall–Kier alpha value is 0.880. The summed E-state index contributed by atoms with van der Waals surface area (Å²) < 4.78 is 2.30. The average Bonchev–Trinajstić information content (AvgIpc) is 1.99. The second-order valence-electron chi connectivity index (χ2n) is 2.43. The molecule has 1 rings (SSSR count). The normalized spacial score (nSPS) is 10.2. The van der Waals surface area contributed by atoms with E-state index in [0.29, 0.717) is 9.13 Å². The number of hydrogen-bond donors (Lipinski definition) is 1. The van der Waals surface area contributed by atoms with Crippen LogP contribution in [0.2, 0.25) is 0 Å². The van der Waals surface area contributed by atoms with E-state index in [1.807, 2.05) is 45.2 Å². The maximum absolute atomic E-state index is 11.2. The van der Waals surface area contributed by atoms with Crippen LogP contribution in [0, 0.1) is 10.7 Å². The maximum Gasteiger partial charge on any atom is 0.162 e. The second-order valence-corrected chi connectivity index (χ2v) is 5.84. The summed E-state index contributed by atoms with van der Waals surface area (Å²) in [5.74, 6) is 0.187. The van der Waals surface area contributed by atoms with E-state index in [0.717, 1.165) is 7.14 Å². The fourth-order valence-electron chi connectivity index (χ4n) is 0.903. The number of hydrogen-bond acceptors (Lipinski definition) is 2. The zero-order valence-corrected chi connectivity index (χ0v) is 13.0. The first kappa shape index (κ1) is 12.0. The lowest BCUT2D eigenvalue weighted by Crippen LogP contribution is -2.01. The number of ketones is 1. The van der Waals surface area contributed by atoms with Crippen LogP contribution in [0.25, 0.3) is 0 Å². The van der Waals surface area contributed by atoms with Crippen LogP contribution in [-0.2, 0) is 0 Å². The van der Waals surface area contributed by atoms with E-state index in [-0.39, 0.29) is 11.5 Å². The smallest absolute Gasteiger partial charge is 0.162 e. The topological polar surface area (TPSA) is 37.3 Å². The van der Waals surface area contributed by atoms with Crippen LogP contribution in [0.15, 0.2) is 6.07 Å². The quantitative estimate of drug-likeness (QED) is 0.462. The van der Waals surface area contributed by atoms with Gasteiger partial charge in [-0.2, -0.15) is 0 Å². The highest BCUT2D eigenvalue weighted by Gasteiger charge is 2.15. The Morgan fingerprint density at radius 3 is 2.31 bits per heavy atom. The van der Waals surface area contributed by atoms with Gasteiger partial charge >= 0.3 is 0 Å². The molecule has 0 amide bonds. The summed E-state index contributed by atoms with van der Waals surface area (Å²) in [5, 5.41) is 9.59. The van der Waals surface area contributed by atoms with Crippen molar-refractivity contribution >= 4 is 73.6 Å². The Bertz CT molecular complexity index is 374. The van der Waals surface area contributed by atoms with Gasteiger partial charge in [0.05, 0.1) is 7.14 Å². The number of aromatic hydroxyl groups is 1. The highest BCUT2D eigenvalue weighted by Crippen LogP contribution is 2.32. The largest absolute Gasteiger partial charge is 0.506 e. The molecule has 0 unspecified atom stereocenters. The third-order valence-corrected chi connectivity index (χ3v) is 4.22. The van der Waals surface area contributed by atoms with E-state index in [1.165, 1.54) is 6.92 Å². The molecule has 1 N–H and O–H groups in total. The Kier molecular flexibility index (Phi) is 4.23. The number of carbonyl (C=O) groups is 1. The minimum atomic E-state index is -0.0134. The molecule has 0 heterocycles. The first-order chi connectivity index (χ1) is 5.95. The van der Waals surface area contributed by atoms with Gasteiger partial charge in [0.1, 0.15) is 5.75 Å². The molecule has 2 nitrogen and oxygen atoms in total. The molecular formula is C8H5I3O2. The van der Waals surface area contributed by atoms with E-state index in [4.69, 9.17) is 0 Å². The zero-order valence-electron chi connectivity index (χ0n) is 6.57. The van der Waals surface area contributed by atoms with Crippen molar-refractivity contribution in [1.82, 2.24) is 0 Å². The highest BCUT2D eigenvalue weighted by atomic mass is 127. The summed E-state index contributed by atoms with van der Waals surface area (Å²) in [4.78, 5) is 11.2. The number of phenolic OH excluding ortho intramolecular Hbond substituents is 1. The summed E-state index contributed by atoms with van der Waals surface area (Å²) in [6.45, 7) is 1.51. The van der Waals surface area contributed by atoms with Gasteiger partial charge in [0.25, 0.3) is 0 Å². The first-order valence-electron chi connectivity index (χ1n) is 3.32. The summed E-state index contributed by atoms with van der Waals surface area (Å²) in [5.41, 5.74) is 0.610. The highest BCUT2D eigenvalue weighted by molar-refractivity contribution is 14.1. The number of rotatable bonds is 1. The average molecular weight is 514 g/mol. The third kappa shape index (κ3) is 2.46. The van der Waals surface area contributed by atoms with Crippen molar-refractivity contribution in [3.63, 3.8) is 0 Å². The minimum Gasteiger partial charge on any atom is -0.506 e. The molecule has 0 fully saturated rings. The van der Waals surface area contributed by atoms with Crippen LogP contribution in [-0.4, -0.2) is 10.9 Å². The van der Waals surface area contributed by atoms with E-state index in [2.05, 4.69) is 22.6 Å². The maximum atomic E-state index is 11.2. The molecular weight excluding hydrogens is 509 g/mol. The molecule has 1 aromatic rings. The lowest BCUT2D eigenvalue weighted by atomic mass is 10.1. The molecule has 0 spiro atoms. The van der Waals surface area contributed by atoms with E-state index >= 15 is 0 Å². The van der Waals surface area contributed by atoms with Crippen molar-refractivity contribution < 1.29 is 9.90 Å². The lowest BCUT2D eigenvalue weighted by Gasteiger charge is -2.07. The molecule has 0 bridgehead atoms. The van der Waals surface area contributed by atoms with E-state index in [1.54, 1.807) is 6.07 Å². The van der Waals surface area contributed by atoms with Crippen LogP contribution >= 0.6 is 67.8 Å². The molecule has 0 saturated heterocycles. The van der Waals surface area contributed by atoms with Crippen LogP contribution in [0.4, 0.5) is 0 Å². The summed E-state index contributed by atoms with van der Waals surface area (Å²) >= 11 is 6.14. The van der Waals surface area contributed by atoms with Crippen LogP contribution < -0.4 is 0 Å². The van der Waals surface area contributed by atoms with Gasteiger partial charge in [0.2, 0.25) is 0 Å². The molecule has 13 heavy (non-hydrogen) atoms. The predicted octanol–water partition coefficient (Wildman–Crippen LogP) is 3.41. The van der Waals surface area contributed by atoms with Crippen LogP contribution in [0.3, 0.4) is 0 Å². The van der Waals surface area contributed by atoms with Crippen molar-refractivity contribution in [2.75, 3.05) is 0 Å². The summed E-state index contributed by atoms with van der Waals surface area (Å²) in [7, 11) is 0. The van der Waals surface area contributed by atoms with Crippen molar-refractivity contribution in [3.05, 3.63) is 22.3 Å². The minimum absolute atomic E-state index is 0.0134. The standard InChI is InChI=1S/C8H5I3O2/c1-3(12)6-4(9)2-5(10)8(13)7(6)11/h2,13H,1H3. The molecule has 5 heteroatoms. The molecule has 0 aliphatic heterocycles. The van der Waals surface area contributed by atoms with Gasteiger partial charge in [-0.15, -0.1) is 0 Å². The molecule has 0 radical (unpaired) electrons. The van der Waals surface area contributed by atoms with Crippen LogP contribution in [0.5, 0.6) is 5.75 Å². The molecule has 1 aromatic carbocycles. The van der Waals surface area contributed by atoms with Gasteiger partial charge in [-0.05, 0) is 80.8 Å². The van der Waals surface area contributed by atoms with E-state index < -0.39 is 0 Å². The number of halogens is 3. The Morgan fingerprint density at radius 2 is 1.85 bits per heavy atom. The first-order valence-corrected chi connectivity index (χ1v) is 6.56. The number of benzene rings is 1. The Morgan fingerprint density at radius 1 is 1.31 bits per heavy atom. The van der Waals surface area contributed by atoms with Crippen LogP contribution in [0.1, 0.15) is 17.3 Å². The van der Waals surface area contributed by atoms with Gasteiger partial charge in [-0.1, -0.05) is 0 Å². The van der Waals surface area contributed by atoms with Crippen molar-refractivity contribution in [3.8, 4) is 5.75 Å². The number of carbonyl (C=O) groups excluding carboxylic acids is 1. The predicted molar refractivity (Wildman–Crippen MR) is 76.3 cm³/mol. The monoisotopic (exact) mass is 514 g/mol. The second kappa shape index (κ2) is 4.60. The number of phenols is 1. The zero-order chi connectivity index (χ0) is 10.2. The molecule has 0 aliphatic rings. The molecule has 70 valence electrons. The number of Topliss-reactive ketones (excluding diaryl/α,β-unsaturated/α-hetero) is 1. The summed E-state index contributed by atoms with van der Waals surface area (Å²) in [6, 6.07) is 1.80. The molecule has 0 saturated carbocycles. The molecule has 0 aromatic heterocycles. The fourth-order valence-corrected chi connectivity index (χ4v) is 5.03. The van der Waals surface area contributed by atoms with Gasteiger partial charge in [0.15, 0.2) is 5.78 Å².